The smallest absolute Gasteiger partial charge is 0.217 e. The minimum absolute atomic E-state index is 0.0424. The van der Waals surface area contributed by atoms with E-state index in [1.54, 1.807) is 0 Å². The largest absolute Gasteiger partial charge is 0.398 e. The van der Waals surface area contributed by atoms with Gasteiger partial charge in [-0.25, -0.2) is 4.90 Å². The van der Waals surface area contributed by atoms with Gasteiger partial charge < -0.3 is 20.7 Å². The molecule has 0 radical (unpaired) electrons. The summed E-state index contributed by atoms with van der Waals surface area (Å²) in [6.45, 7) is 4.03. The fraction of sp³-hybridized carbons (Fsp3) is 0.455. The van der Waals surface area contributed by atoms with E-state index < -0.39 is 18.1 Å². The summed E-state index contributed by atoms with van der Waals surface area (Å²) < 4.78 is 6.92. The van der Waals surface area contributed by atoms with Crippen LogP contribution in [-0.4, -0.2) is 39.2 Å². The van der Waals surface area contributed by atoms with E-state index in [1.807, 2.05) is 67.3 Å². The molecule has 0 bridgehead atoms. The quantitative estimate of drug-likeness (QED) is 0.625. The van der Waals surface area contributed by atoms with Crippen LogP contribution in [0.4, 0.5) is 5.69 Å². The van der Waals surface area contributed by atoms with Crippen LogP contribution in [-0.2, 0) is 4.74 Å². The number of hydrogen-bond donors (Lipinski definition) is 3. The molecule has 0 spiro atoms. The number of halogens is 1. The maximum absolute atomic E-state index is 11.0. The topological polar surface area (TPSA) is 79.0 Å². The van der Waals surface area contributed by atoms with Crippen molar-refractivity contribution in [2.75, 3.05) is 5.73 Å². The fourth-order valence-electron chi connectivity index (χ4n) is 4.97. The van der Waals surface area contributed by atoms with Crippen molar-refractivity contribution in [2.24, 2.45) is 0 Å². The van der Waals surface area contributed by atoms with Crippen LogP contribution in [0, 0.1) is 0 Å². The van der Waals surface area contributed by atoms with Gasteiger partial charge in [0, 0.05) is 28.2 Å². The lowest BCUT2D eigenvalue weighted by molar-refractivity contribution is -0.302. The summed E-state index contributed by atoms with van der Waals surface area (Å²) in [5.41, 5.74) is 8.09. The number of nitrogens with zero attached hydrogens (tertiary/aromatic N) is 1. The monoisotopic (exact) mass is 446 g/mol. The predicted octanol–water partition coefficient (Wildman–Crippen LogP) is 3.77. The Balaban J connectivity index is 1.69. The van der Waals surface area contributed by atoms with Crippen LogP contribution in [0.5, 0.6) is 0 Å². The first-order valence-electron chi connectivity index (χ1n) is 9.71. The molecule has 2 fully saturated rings. The van der Waals surface area contributed by atoms with Crippen molar-refractivity contribution in [1.29, 1.82) is 0 Å². The van der Waals surface area contributed by atoms with Gasteiger partial charge in [-0.05, 0) is 65.9 Å². The van der Waals surface area contributed by atoms with Crippen molar-refractivity contribution in [1.82, 2.24) is 4.90 Å². The van der Waals surface area contributed by atoms with Crippen molar-refractivity contribution >= 4 is 21.6 Å². The van der Waals surface area contributed by atoms with E-state index in [1.165, 1.54) is 0 Å². The molecule has 6 heteroatoms. The van der Waals surface area contributed by atoms with Gasteiger partial charge in [0.1, 0.15) is 0 Å². The minimum atomic E-state index is -1.04. The Hall–Kier alpha value is -1.44. The molecule has 2 aromatic rings. The number of nitrogen functional groups attached to an aromatic ring is 1. The number of nitrogens with two attached hydrogens (primary N) is 1. The molecular weight excluding hydrogens is 420 g/mol. The third kappa shape index (κ3) is 3.37. The number of hydrogen-bond acceptors (Lipinski definition) is 5. The number of anilines is 1. The molecular formula is C22H27BrN2O3. The summed E-state index contributed by atoms with van der Waals surface area (Å²) in [5, 5.41) is 21.8. The maximum atomic E-state index is 11.0. The zero-order chi connectivity index (χ0) is 20.1. The van der Waals surface area contributed by atoms with Crippen LogP contribution in [0.15, 0.2) is 53.0 Å². The molecule has 2 aromatic carbocycles. The van der Waals surface area contributed by atoms with Gasteiger partial charge in [0.05, 0.1) is 11.7 Å². The van der Waals surface area contributed by atoms with Crippen molar-refractivity contribution in [2.45, 2.75) is 62.8 Å². The lowest BCUT2D eigenvalue weighted by Gasteiger charge is -2.51. The predicted molar refractivity (Wildman–Crippen MR) is 113 cm³/mol. The van der Waals surface area contributed by atoms with Crippen LogP contribution in [0.1, 0.15) is 49.8 Å². The van der Waals surface area contributed by atoms with E-state index in [9.17, 15) is 10.2 Å². The van der Waals surface area contributed by atoms with Crippen molar-refractivity contribution in [3.05, 3.63) is 64.1 Å². The zero-order valence-corrected chi connectivity index (χ0v) is 17.7. The van der Waals surface area contributed by atoms with E-state index in [0.29, 0.717) is 5.69 Å². The van der Waals surface area contributed by atoms with Gasteiger partial charge >= 0.3 is 0 Å². The van der Waals surface area contributed by atoms with Crippen LogP contribution < -0.4 is 5.73 Å². The first-order valence-corrected chi connectivity index (χ1v) is 10.5. The summed E-state index contributed by atoms with van der Waals surface area (Å²) in [6.07, 6.45) is -0.0432. The van der Waals surface area contributed by atoms with E-state index >= 15 is 0 Å². The van der Waals surface area contributed by atoms with Crippen molar-refractivity contribution < 1.29 is 14.9 Å². The molecule has 150 valence electrons. The molecule has 4 N–H and O–H groups in total. The van der Waals surface area contributed by atoms with Gasteiger partial charge in [-0.15, -0.1) is 0 Å². The Morgan fingerprint density at radius 1 is 1.18 bits per heavy atom. The molecule has 2 aliphatic heterocycles. The summed E-state index contributed by atoms with van der Waals surface area (Å²) >= 11 is 3.53. The number of fused-ring (bicyclic) bond motifs is 1. The van der Waals surface area contributed by atoms with E-state index in [0.717, 1.165) is 28.4 Å². The molecule has 0 aliphatic carbocycles. The highest BCUT2D eigenvalue weighted by Crippen LogP contribution is 2.49. The van der Waals surface area contributed by atoms with Gasteiger partial charge in [-0.1, -0.05) is 36.4 Å². The van der Waals surface area contributed by atoms with Crippen LogP contribution in [0.2, 0.25) is 0 Å². The van der Waals surface area contributed by atoms with Gasteiger partial charge in [-0.2, -0.15) is 0 Å². The summed E-state index contributed by atoms with van der Waals surface area (Å²) in [4.78, 5) is 1.96. The number of aliphatic hydroxyl groups excluding tert-OH is 2. The molecule has 28 heavy (non-hydrogen) atoms. The third-order valence-electron chi connectivity index (χ3n) is 6.21. The summed E-state index contributed by atoms with van der Waals surface area (Å²) in [5.74, 6) is 0.0424. The minimum Gasteiger partial charge on any atom is -0.398 e. The molecule has 2 unspecified atom stereocenters. The number of rotatable bonds is 3. The highest BCUT2D eigenvalue weighted by molar-refractivity contribution is 9.10. The molecule has 2 saturated heterocycles. The SMILES string of the molecule is CC1(C)OC(O)N2[C@@H]([C@H](O)c3ccccc3)CC[C@H]2C1c1ccc(N)c(Br)c1. The lowest BCUT2D eigenvalue weighted by atomic mass is 9.77. The second-order valence-electron chi connectivity index (χ2n) is 8.32. The molecule has 5 nitrogen and oxygen atoms in total. The van der Waals surface area contributed by atoms with Gasteiger partial charge in [-0.3, -0.25) is 0 Å². The Bertz CT molecular complexity index is 845. The average molecular weight is 447 g/mol. The van der Waals surface area contributed by atoms with Crippen LogP contribution in [0.25, 0.3) is 0 Å². The Morgan fingerprint density at radius 2 is 1.89 bits per heavy atom. The van der Waals surface area contributed by atoms with E-state index in [-0.39, 0.29) is 18.0 Å². The van der Waals surface area contributed by atoms with E-state index in [2.05, 4.69) is 15.9 Å². The summed E-state index contributed by atoms with van der Waals surface area (Å²) in [6, 6.07) is 15.5. The second-order valence-corrected chi connectivity index (χ2v) is 9.18. The Labute approximate surface area is 174 Å². The van der Waals surface area contributed by atoms with Crippen LogP contribution >= 0.6 is 15.9 Å². The molecule has 5 atom stereocenters. The lowest BCUT2D eigenvalue weighted by Crippen LogP contribution is -2.60. The molecule has 0 saturated carbocycles. The number of benzene rings is 2. The standard InChI is InChI=1S/C22H27BrN2O3/c1-22(2)19(14-8-9-16(24)15(23)12-14)17-10-11-18(25(17)21(27)28-22)20(26)13-6-4-3-5-7-13/h3-9,12,17-21,26-27H,10-11,24H2,1-2H3/t17-,18+,19?,20+,21?/m0/s1. The highest BCUT2D eigenvalue weighted by atomic mass is 79.9. The molecule has 0 aromatic heterocycles. The number of aliphatic hydroxyl groups is 2. The number of ether oxygens (including phenoxy) is 1. The Morgan fingerprint density at radius 3 is 2.57 bits per heavy atom. The van der Waals surface area contributed by atoms with Crippen molar-refractivity contribution in [3.8, 4) is 0 Å². The maximum Gasteiger partial charge on any atom is 0.217 e. The molecule has 0 amide bonds. The first kappa shape index (κ1) is 19.9. The van der Waals surface area contributed by atoms with Crippen molar-refractivity contribution in [3.63, 3.8) is 0 Å². The molecule has 4 rings (SSSR count). The fourth-order valence-corrected chi connectivity index (χ4v) is 5.37. The van der Waals surface area contributed by atoms with Gasteiger partial charge in [0.15, 0.2) is 0 Å². The van der Waals surface area contributed by atoms with Crippen LogP contribution in [0.3, 0.4) is 0 Å². The third-order valence-corrected chi connectivity index (χ3v) is 6.90. The first-order chi connectivity index (χ1) is 13.3. The molecule has 2 aliphatic rings. The highest BCUT2D eigenvalue weighted by Gasteiger charge is 2.54. The van der Waals surface area contributed by atoms with Gasteiger partial charge in [0.2, 0.25) is 6.41 Å². The second kappa shape index (κ2) is 7.43. The summed E-state index contributed by atoms with van der Waals surface area (Å²) in [7, 11) is 0. The van der Waals surface area contributed by atoms with E-state index in [4.69, 9.17) is 10.5 Å². The average Bonchev–Trinajstić information content (AvgIpc) is 3.09. The normalized spacial score (nSPS) is 30.8. The Kier molecular flexibility index (Phi) is 5.27. The molecule has 2 heterocycles. The zero-order valence-electron chi connectivity index (χ0n) is 16.1. The van der Waals surface area contributed by atoms with Gasteiger partial charge in [0.25, 0.3) is 0 Å².